The standard InChI is InChI=1S/C19H30N4O.HI/c1-15-7-10-22(11-8-15)19(20)21-13-16-9-12-23(14-16)17-5-3-4-6-18(17)24-2;/h3-6,15-16H,7-14H2,1-2H3,(H2,20,21);1H. The number of nitrogens with two attached hydrogens (primary N) is 1. The Balaban J connectivity index is 0.00000225. The molecule has 5 nitrogen and oxygen atoms in total. The fraction of sp³-hybridized carbons (Fsp3) is 0.632. The Kier molecular flexibility index (Phi) is 7.65. The molecule has 0 bridgehead atoms. The summed E-state index contributed by atoms with van der Waals surface area (Å²) < 4.78 is 5.48. The monoisotopic (exact) mass is 458 g/mol. The Labute approximate surface area is 168 Å². The van der Waals surface area contributed by atoms with E-state index in [1.54, 1.807) is 7.11 Å². The maximum atomic E-state index is 6.21. The lowest BCUT2D eigenvalue weighted by Crippen LogP contribution is -2.42. The average molecular weight is 458 g/mol. The van der Waals surface area contributed by atoms with Crippen LogP contribution in [-0.4, -0.2) is 50.7 Å². The second-order valence-electron chi connectivity index (χ2n) is 7.14. The topological polar surface area (TPSA) is 54.1 Å². The fourth-order valence-electron chi connectivity index (χ4n) is 3.65. The van der Waals surface area contributed by atoms with Crippen molar-refractivity contribution in [3.8, 4) is 5.75 Å². The summed E-state index contributed by atoms with van der Waals surface area (Å²) in [5, 5.41) is 0. The minimum atomic E-state index is 0. The molecule has 1 aromatic rings. The highest BCUT2D eigenvalue weighted by molar-refractivity contribution is 14.0. The summed E-state index contributed by atoms with van der Waals surface area (Å²) in [7, 11) is 1.73. The number of piperidine rings is 1. The van der Waals surface area contributed by atoms with Gasteiger partial charge in [-0.3, -0.25) is 4.99 Å². The summed E-state index contributed by atoms with van der Waals surface area (Å²) in [6, 6.07) is 8.24. The lowest BCUT2D eigenvalue weighted by atomic mass is 10.00. The molecule has 2 heterocycles. The molecule has 0 radical (unpaired) electrons. The van der Waals surface area contributed by atoms with Gasteiger partial charge in [-0.15, -0.1) is 24.0 Å². The first kappa shape index (κ1) is 20.1. The summed E-state index contributed by atoms with van der Waals surface area (Å²) in [6.07, 6.45) is 3.61. The van der Waals surface area contributed by atoms with Crippen LogP contribution < -0.4 is 15.4 Å². The van der Waals surface area contributed by atoms with Crippen LogP contribution in [0.3, 0.4) is 0 Å². The number of halogens is 1. The molecule has 25 heavy (non-hydrogen) atoms. The van der Waals surface area contributed by atoms with Gasteiger partial charge in [-0.2, -0.15) is 0 Å². The van der Waals surface area contributed by atoms with Crippen LogP contribution in [0.15, 0.2) is 29.3 Å². The summed E-state index contributed by atoms with van der Waals surface area (Å²) in [5.41, 5.74) is 7.39. The number of rotatable bonds is 4. The number of nitrogens with zero attached hydrogens (tertiary/aromatic N) is 3. The summed E-state index contributed by atoms with van der Waals surface area (Å²) in [6.45, 7) is 7.32. The number of methoxy groups -OCH3 is 1. The summed E-state index contributed by atoms with van der Waals surface area (Å²) in [4.78, 5) is 9.33. The third-order valence-electron chi connectivity index (χ3n) is 5.33. The maximum Gasteiger partial charge on any atom is 0.191 e. The van der Waals surface area contributed by atoms with E-state index in [2.05, 4.69) is 33.8 Å². The van der Waals surface area contributed by atoms with E-state index >= 15 is 0 Å². The van der Waals surface area contributed by atoms with Crippen LogP contribution >= 0.6 is 24.0 Å². The lowest BCUT2D eigenvalue weighted by molar-refractivity contribution is 0.277. The second kappa shape index (κ2) is 9.50. The van der Waals surface area contributed by atoms with Crippen LogP contribution in [0.25, 0.3) is 0 Å². The first-order valence-electron chi connectivity index (χ1n) is 9.10. The molecule has 0 amide bonds. The van der Waals surface area contributed by atoms with E-state index in [-0.39, 0.29) is 24.0 Å². The van der Waals surface area contributed by atoms with Crippen molar-refractivity contribution in [3.05, 3.63) is 24.3 Å². The summed E-state index contributed by atoms with van der Waals surface area (Å²) in [5.74, 6) is 3.07. The molecule has 0 spiro atoms. The van der Waals surface area contributed by atoms with Crippen molar-refractivity contribution in [2.45, 2.75) is 26.2 Å². The van der Waals surface area contributed by atoms with Gasteiger partial charge in [0.25, 0.3) is 0 Å². The Morgan fingerprint density at radius 3 is 2.64 bits per heavy atom. The zero-order valence-electron chi connectivity index (χ0n) is 15.4. The predicted octanol–water partition coefficient (Wildman–Crippen LogP) is 3.19. The first-order chi connectivity index (χ1) is 11.7. The Morgan fingerprint density at radius 2 is 1.92 bits per heavy atom. The minimum Gasteiger partial charge on any atom is -0.495 e. The van der Waals surface area contributed by atoms with Crippen molar-refractivity contribution in [2.75, 3.05) is 44.7 Å². The van der Waals surface area contributed by atoms with Crippen LogP contribution in [0, 0.1) is 11.8 Å². The van der Waals surface area contributed by atoms with E-state index in [0.29, 0.717) is 5.92 Å². The first-order valence-corrected chi connectivity index (χ1v) is 9.10. The number of guanidine groups is 1. The molecule has 1 unspecified atom stereocenters. The van der Waals surface area contributed by atoms with Gasteiger partial charge in [-0.05, 0) is 43.2 Å². The van der Waals surface area contributed by atoms with Crippen molar-refractivity contribution in [3.63, 3.8) is 0 Å². The number of benzene rings is 1. The highest BCUT2D eigenvalue weighted by Gasteiger charge is 2.25. The molecule has 2 saturated heterocycles. The largest absolute Gasteiger partial charge is 0.495 e. The SMILES string of the molecule is COc1ccccc1N1CCC(CN=C(N)N2CCC(C)CC2)C1.I. The van der Waals surface area contributed by atoms with Gasteiger partial charge in [-0.25, -0.2) is 0 Å². The maximum absolute atomic E-state index is 6.21. The molecule has 1 aromatic carbocycles. The molecular weight excluding hydrogens is 427 g/mol. The smallest absolute Gasteiger partial charge is 0.191 e. The average Bonchev–Trinajstić information content (AvgIpc) is 3.09. The van der Waals surface area contributed by atoms with E-state index in [4.69, 9.17) is 10.5 Å². The molecule has 2 aliphatic rings. The quantitative estimate of drug-likeness (QED) is 0.428. The Bertz CT molecular complexity index is 572. The van der Waals surface area contributed by atoms with Crippen LogP contribution in [-0.2, 0) is 0 Å². The number of anilines is 1. The van der Waals surface area contributed by atoms with Gasteiger partial charge >= 0.3 is 0 Å². The van der Waals surface area contributed by atoms with Gasteiger partial charge in [0.05, 0.1) is 12.8 Å². The second-order valence-corrected chi connectivity index (χ2v) is 7.14. The number of para-hydroxylation sites is 2. The molecule has 0 saturated carbocycles. The van der Waals surface area contributed by atoms with Crippen molar-refractivity contribution >= 4 is 35.6 Å². The van der Waals surface area contributed by atoms with Gasteiger partial charge in [0.15, 0.2) is 5.96 Å². The van der Waals surface area contributed by atoms with E-state index in [9.17, 15) is 0 Å². The third-order valence-corrected chi connectivity index (χ3v) is 5.33. The zero-order valence-corrected chi connectivity index (χ0v) is 17.7. The van der Waals surface area contributed by atoms with Crippen LogP contribution in [0.4, 0.5) is 5.69 Å². The van der Waals surface area contributed by atoms with Crippen LogP contribution in [0.1, 0.15) is 26.2 Å². The highest BCUT2D eigenvalue weighted by atomic mass is 127. The molecule has 6 heteroatoms. The number of hydrogen-bond donors (Lipinski definition) is 1. The van der Waals surface area contributed by atoms with Crippen molar-refractivity contribution in [1.29, 1.82) is 0 Å². The Hall–Kier alpha value is -1.18. The van der Waals surface area contributed by atoms with E-state index in [1.807, 2.05) is 12.1 Å². The molecule has 1 atom stereocenters. The number of hydrogen-bond acceptors (Lipinski definition) is 3. The molecule has 140 valence electrons. The number of ether oxygens (including phenoxy) is 1. The molecule has 0 aliphatic carbocycles. The van der Waals surface area contributed by atoms with Crippen LogP contribution in [0.2, 0.25) is 0 Å². The van der Waals surface area contributed by atoms with E-state index in [0.717, 1.165) is 56.8 Å². The van der Waals surface area contributed by atoms with E-state index < -0.39 is 0 Å². The van der Waals surface area contributed by atoms with Gasteiger partial charge < -0.3 is 20.3 Å². The molecular formula is C19H31IN4O. The number of likely N-dealkylation sites (tertiary alicyclic amines) is 1. The van der Waals surface area contributed by atoms with Gasteiger partial charge in [-0.1, -0.05) is 19.1 Å². The molecule has 2 aliphatic heterocycles. The summed E-state index contributed by atoms with van der Waals surface area (Å²) >= 11 is 0. The lowest BCUT2D eigenvalue weighted by Gasteiger charge is -2.31. The van der Waals surface area contributed by atoms with Crippen molar-refractivity contribution in [2.24, 2.45) is 22.6 Å². The predicted molar refractivity (Wildman–Crippen MR) is 115 cm³/mol. The van der Waals surface area contributed by atoms with Gasteiger partial charge in [0.2, 0.25) is 0 Å². The van der Waals surface area contributed by atoms with Gasteiger partial charge in [0.1, 0.15) is 5.75 Å². The molecule has 3 rings (SSSR count). The molecule has 0 aromatic heterocycles. The normalized spacial score (nSPS) is 22.0. The highest BCUT2D eigenvalue weighted by Crippen LogP contribution is 2.32. The van der Waals surface area contributed by atoms with Gasteiger partial charge in [0, 0.05) is 32.7 Å². The van der Waals surface area contributed by atoms with Crippen molar-refractivity contribution in [1.82, 2.24) is 4.90 Å². The number of aliphatic imine (C=N–C) groups is 1. The van der Waals surface area contributed by atoms with Crippen LogP contribution in [0.5, 0.6) is 5.75 Å². The van der Waals surface area contributed by atoms with Crippen molar-refractivity contribution < 1.29 is 4.74 Å². The van der Waals surface area contributed by atoms with E-state index in [1.165, 1.54) is 18.5 Å². The molecule has 2 fully saturated rings. The third kappa shape index (κ3) is 5.15. The minimum absolute atomic E-state index is 0. The fourth-order valence-corrected chi connectivity index (χ4v) is 3.65. The molecule has 2 N–H and O–H groups in total. The Morgan fingerprint density at radius 1 is 1.20 bits per heavy atom. The zero-order chi connectivity index (χ0) is 16.9.